The third-order valence-electron chi connectivity index (χ3n) is 3.41. The molecular weight excluding hydrogens is 266 g/mol. The van der Waals surface area contributed by atoms with Crippen molar-refractivity contribution in [2.45, 2.75) is 20.0 Å². The molecule has 1 amide bonds. The third kappa shape index (κ3) is 3.72. The van der Waals surface area contributed by atoms with Gasteiger partial charge in [0.25, 0.3) is 5.56 Å². The first kappa shape index (κ1) is 14.8. The van der Waals surface area contributed by atoms with E-state index in [1.807, 2.05) is 31.2 Å². The Morgan fingerprint density at radius 3 is 2.67 bits per heavy atom. The van der Waals surface area contributed by atoms with Gasteiger partial charge < -0.3 is 15.2 Å². The summed E-state index contributed by atoms with van der Waals surface area (Å²) in [5.74, 6) is -0.133. The van der Waals surface area contributed by atoms with Gasteiger partial charge in [0.2, 0.25) is 5.91 Å². The summed E-state index contributed by atoms with van der Waals surface area (Å²) in [7, 11) is 1.73. The minimum Gasteiger partial charge on any atom is -0.398 e. The maximum absolute atomic E-state index is 12.2. The molecular formula is C16H19N3O2. The standard InChI is InChI=1S/C16H19N3O2/c1-12-5-3-4-6-13(12)9-18(2)16(21)11-19-10-14(17)7-8-15(19)20/h3-8,10H,9,11,17H2,1-2H3. The number of benzene rings is 1. The van der Waals surface area contributed by atoms with Gasteiger partial charge in [0.1, 0.15) is 6.54 Å². The number of likely N-dealkylation sites (N-methyl/N-ethyl adjacent to an activating group) is 1. The molecule has 0 radical (unpaired) electrons. The highest BCUT2D eigenvalue weighted by molar-refractivity contribution is 5.75. The molecule has 5 heteroatoms. The van der Waals surface area contributed by atoms with E-state index in [1.165, 1.54) is 22.9 Å². The molecule has 0 saturated heterocycles. The van der Waals surface area contributed by atoms with Crippen LogP contribution in [0.15, 0.2) is 47.4 Å². The molecule has 1 heterocycles. The van der Waals surface area contributed by atoms with E-state index in [0.29, 0.717) is 12.2 Å². The number of carbonyl (C=O) groups excluding carboxylic acids is 1. The fraction of sp³-hybridized carbons (Fsp3) is 0.250. The molecule has 0 aliphatic rings. The van der Waals surface area contributed by atoms with Crippen LogP contribution in [0.1, 0.15) is 11.1 Å². The Bertz CT molecular complexity index is 707. The lowest BCUT2D eigenvalue weighted by Gasteiger charge is -2.19. The van der Waals surface area contributed by atoms with E-state index in [4.69, 9.17) is 5.73 Å². The summed E-state index contributed by atoms with van der Waals surface area (Å²) in [6.07, 6.45) is 1.49. The fourth-order valence-electron chi connectivity index (χ4n) is 2.07. The number of nitrogens with two attached hydrogens (primary N) is 1. The second kappa shape index (κ2) is 6.26. The van der Waals surface area contributed by atoms with Crippen molar-refractivity contribution in [3.63, 3.8) is 0 Å². The zero-order valence-corrected chi connectivity index (χ0v) is 12.2. The van der Waals surface area contributed by atoms with Crippen molar-refractivity contribution in [3.05, 3.63) is 64.1 Å². The minimum absolute atomic E-state index is 0.00768. The van der Waals surface area contributed by atoms with E-state index in [-0.39, 0.29) is 18.0 Å². The summed E-state index contributed by atoms with van der Waals surface area (Å²) in [5.41, 5.74) is 8.09. The zero-order chi connectivity index (χ0) is 15.4. The van der Waals surface area contributed by atoms with E-state index in [1.54, 1.807) is 11.9 Å². The molecule has 110 valence electrons. The molecule has 0 aliphatic carbocycles. The van der Waals surface area contributed by atoms with Crippen molar-refractivity contribution in [1.29, 1.82) is 0 Å². The van der Waals surface area contributed by atoms with Crippen LogP contribution in [-0.2, 0) is 17.9 Å². The zero-order valence-electron chi connectivity index (χ0n) is 12.2. The van der Waals surface area contributed by atoms with E-state index in [9.17, 15) is 9.59 Å². The van der Waals surface area contributed by atoms with Crippen LogP contribution in [0.3, 0.4) is 0 Å². The Hall–Kier alpha value is -2.56. The van der Waals surface area contributed by atoms with E-state index >= 15 is 0 Å². The maximum Gasteiger partial charge on any atom is 0.251 e. The Labute approximate surface area is 123 Å². The van der Waals surface area contributed by atoms with Gasteiger partial charge in [-0.1, -0.05) is 24.3 Å². The number of aryl methyl sites for hydroxylation is 1. The Kier molecular flexibility index (Phi) is 4.42. The highest BCUT2D eigenvalue weighted by Crippen LogP contribution is 2.09. The highest BCUT2D eigenvalue weighted by Gasteiger charge is 2.11. The van der Waals surface area contributed by atoms with Gasteiger partial charge in [-0.05, 0) is 24.1 Å². The van der Waals surface area contributed by atoms with E-state index < -0.39 is 0 Å². The van der Waals surface area contributed by atoms with E-state index in [2.05, 4.69) is 0 Å². The molecule has 0 spiro atoms. The molecule has 2 aromatic rings. The first-order chi connectivity index (χ1) is 9.97. The van der Waals surface area contributed by atoms with Gasteiger partial charge in [-0.3, -0.25) is 9.59 Å². The number of pyridine rings is 1. The van der Waals surface area contributed by atoms with Gasteiger partial charge in [0.15, 0.2) is 0 Å². The summed E-state index contributed by atoms with van der Waals surface area (Å²) in [4.78, 5) is 25.5. The SMILES string of the molecule is Cc1ccccc1CN(C)C(=O)Cn1cc(N)ccc1=O. The summed E-state index contributed by atoms with van der Waals surface area (Å²) in [6.45, 7) is 2.52. The predicted octanol–water partition coefficient (Wildman–Crippen LogP) is 1.40. The number of hydrogen-bond acceptors (Lipinski definition) is 3. The number of rotatable bonds is 4. The number of anilines is 1. The lowest BCUT2D eigenvalue weighted by molar-refractivity contribution is -0.131. The summed E-state index contributed by atoms with van der Waals surface area (Å²) >= 11 is 0. The lowest BCUT2D eigenvalue weighted by Crippen LogP contribution is -2.33. The van der Waals surface area contributed by atoms with E-state index in [0.717, 1.165) is 11.1 Å². The molecule has 0 bridgehead atoms. The van der Waals surface area contributed by atoms with Crippen LogP contribution in [0.25, 0.3) is 0 Å². The van der Waals surface area contributed by atoms with Crippen LogP contribution in [0.5, 0.6) is 0 Å². The summed E-state index contributed by atoms with van der Waals surface area (Å²) < 4.78 is 1.33. The van der Waals surface area contributed by atoms with Gasteiger partial charge in [-0.15, -0.1) is 0 Å². The van der Waals surface area contributed by atoms with Crippen molar-refractivity contribution in [2.75, 3.05) is 12.8 Å². The second-order valence-electron chi connectivity index (χ2n) is 5.10. The minimum atomic E-state index is -0.234. The number of carbonyl (C=O) groups is 1. The number of amides is 1. The van der Waals surface area contributed by atoms with Crippen molar-refractivity contribution >= 4 is 11.6 Å². The largest absolute Gasteiger partial charge is 0.398 e. The number of aromatic nitrogens is 1. The van der Waals surface area contributed by atoms with Crippen LogP contribution >= 0.6 is 0 Å². The summed E-state index contributed by atoms with van der Waals surface area (Å²) in [6, 6.07) is 10.8. The molecule has 2 N–H and O–H groups in total. The molecule has 0 unspecified atom stereocenters. The van der Waals surface area contributed by atoms with Gasteiger partial charge in [0.05, 0.1) is 0 Å². The first-order valence-corrected chi connectivity index (χ1v) is 6.72. The average molecular weight is 285 g/mol. The average Bonchev–Trinajstić information content (AvgIpc) is 2.45. The van der Waals surface area contributed by atoms with Crippen molar-refractivity contribution in [1.82, 2.24) is 9.47 Å². The molecule has 2 rings (SSSR count). The van der Waals surface area contributed by atoms with Crippen LogP contribution in [-0.4, -0.2) is 22.4 Å². The molecule has 0 aliphatic heterocycles. The Morgan fingerprint density at radius 1 is 1.24 bits per heavy atom. The molecule has 0 atom stereocenters. The van der Waals surface area contributed by atoms with Crippen molar-refractivity contribution in [3.8, 4) is 0 Å². The molecule has 1 aromatic heterocycles. The molecule has 0 saturated carbocycles. The van der Waals surface area contributed by atoms with Gasteiger partial charge in [-0.25, -0.2) is 0 Å². The van der Waals surface area contributed by atoms with Crippen LogP contribution < -0.4 is 11.3 Å². The number of nitrogens with zero attached hydrogens (tertiary/aromatic N) is 2. The van der Waals surface area contributed by atoms with Gasteiger partial charge >= 0.3 is 0 Å². The van der Waals surface area contributed by atoms with Crippen molar-refractivity contribution < 1.29 is 4.79 Å². The Morgan fingerprint density at radius 2 is 1.95 bits per heavy atom. The Balaban J connectivity index is 2.08. The van der Waals surface area contributed by atoms with Crippen LogP contribution in [0, 0.1) is 6.92 Å². The van der Waals surface area contributed by atoms with Gasteiger partial charge in [-0.2, -0.15) is 0 Å². The molecule has 5 nitrogen and oxygen atoms in total. The van der Waals surface area contributed by atoms with Crippen LogP contribution in [0.2, 0.25) is 0 Å². The number of nitrogen functional groups attached to an aromatic ring is 1. The molecule has 0 fully saturated rings. The van der Waals surface area contributed by atoms with Crippen molar-refractivity contribution in [2.24, 2.45) is 0 Å². The number of hydrogen-bond donors (Lipinski definition) is 1. The summed E-state index contributed by atoms with van der Waals surface area (Å²) in [5, 5.41) is 0. The normalized spacial score (nSPS) is 10.4. The quantitative estimate of drug-likeness (QED) is 0.923. The van der Waals surface area contributed by atoms with Crippen LogP contribution in [0.4, 0.5) is 5.69 Å². The third-order valence-corrected chi connectivity index (χ3v) is 3.41. The molecule has 1 aromatic carbocycles. The maximum atomic E-state index is 12.2. The van der Waals surface area contributed by atoms with Gasteiger partial charge in [0, 0.05) is 31.5 Å². The fourth-order valence-corrected chi connectivity index (χ4v) is 2.07. The highest BCUT2D eigenvalue weighted by atomic mass is 16.2. The smallest absolute Gasteiger partial charge is 0.251 e. The predicted molar refractivity (Wildman–Crippen MR) is 82.8 cm³/mol. The topological polar surface area (TPSA) is 68.3 Å². The second-order valence-corrected chi connectivity index (χ2v) is 5.10. The lowest BCUT2D eigenvalue weighted by atomic mass is 10.1. The molecule has 21 heavy (non-hydrogen) atoms. The monoisotopic (exact) mass is 285 g/mol. The first-order valence-electron chi connectivity index (χ1n) is 6.72.